The van der Waals surface area contributed by atoms with E-state index in [1.165, 1.54) is 15.9 Å². The normalized spacial score (nSPS) is 13.2. The van der Waals surface area contributed by atoms with Gasteiger partial charge in [-0.15, -0.1) is 0 Å². The fourth-order valence-electron chi connectivity index (χ4n) is 4.51. The molecule has 0 saturated carbocycles. The molecule has 0 aliphatic rings. The molecule has 0 spiro atoms. The lowest BCUT2D eigenvalue weighted by molar-refractivity contribution is -0.146. The molecule has 0 aliphatic carbocycles. The van der Waals surface area contributed by atoms with E-state index >= 15 is 0 Å². The highest BCUT2D eigenvalue weighted by molar-refractivity contribution is 5.95. The molecule has 3 N–H and O–H groups in total. The summed E-state index contributed by atoms with van der Waals surface area (Å²) < 4.78 is 0. The lowest BCUT2D eigenvalue weighted by Crippen LogP contribution is -2.55. The third kappa shape index (κ3) is 8.26. The van der Waals surface area contributed by atoms with E-state index in [4.69, 9.17) is 5.73 Å². The van der Waals surface area contributed by atoms with Crippen molar-refractivity contribution in [3.63, 3.8) is 0 Å². The third-order valence-corrected chi connectivity index (χ3v) is 6.88. The first-order valence-electron chi connectivity index (χ1n) is 13.2. The summed E-state index contributed by atoms with van der Waals surface area (Å²) in [5.41, 5.74) is 7.47. The topological polar surface area (TPSA) is 95.7 Å². The second kappa shape index (κ2) is 13.2. The molecule has 0 fully saturated rings. The minimum Gasteiger partial charge on any atom is -0.357 e. The van der Waals surface area contributed by atoms with Crippen molar-refractivity contribution in [2.45, 2.75) is 50.7 Å². The molecule has 0 saturated heterocycles. The number of rotatable bonds is 11. The van der Waals surface area contributed by atoms with Gasteiger partial charge in [-0.3, -0.25) is 14.4 Å². The summed E-state index contributed by atoms with van der Waals surface area (Å²) in [6.07, 6.45) is 4.39. The number of carbonyl (C=O) groups is 3. The van der Waals surface area contributed by atoms with Crippen LogP contribution in [0.25, 0.3) is 10.8 Å². The van der Waals surface area contributed by atoms with E-state index in [0.717, 1.165) is 21.9 Å². The van der Waals surface area contributed by atoms with Crippen molar-refractivity contribution in [1.29, 1.82) is 0 Å². The number of likely N-dealkylation sites (N-methyl/N-ethyl adjacent to an activating group) is 3. The monoisotopic (exact) mass is 528 g/mol. The van der Waals surface area contributed by atoms with E-state index in [2.05, 4.69) is 5.32 Å². The van der Waals surface area contributed by atoms with E-state index < -0.39 is 17.6 Å². The van der Waals surface area contributed by atoms with Gasteiger partial charge in [0.25, 0.3) is 0 Å². The molecule has 7 nitrogen and oxygen atoms in total. The number of benzene rings is 3. The molecule has 2 atom stereocenters. The van der Waals surface area contributed by atoms with Crippen LogP contribution in [0.4, 0.5) is 0 Å². The Morgan fingerprint density at radius 1 is 0.846 bits per heavy atom. The number of carbonyl (C=O) groups excluding carboxylic acids is 3. The first-order valence-corrected chi connectivity index (χ1v) is 13.2. The smallest absolute Gasteiger partial charge is 0.246 e. The average Bonchev–Trinajstić information content (AvgIpc) is 2.92. The van der Waals surface area contributed by atoms with Crippen LogP contribution in [0.2, 0.25) is 0 Å². The maximum Gasteiger partial charge on any atom is 0.246 e. The van der Waals surface area contributed by atoms with Crippen molar-refractivity contribution in [1.82, 2.24) is 15.1 Å². The van der Waals surface area contributed by atoms with E-state index in [0.29, 0.717) is 19.3 Å². The summed E-state index contributed by atoms with van der Waals surface area (Å²) in [6, 6.07) is 22.1. The summed E-state index contributed by atoms with van der Waals surface area (Å²) in [6.45, 7) is 3.77. The molecule has 0 radical (unpaired) electrons. The summed E-state index contributed by atoms with van der Waals surface area (Å²) in [4.78, 5) is 43.1. The maximum atomic E-state index is 14.1. The van der Waals surface area contributed by atoms with E-state index in [1.807, 2.05) is 86.6 Å². The van der Waals surface area contributed by atoms with Crippen LogP contribution in [0, 0.1) is 0 Å². The number of fused-ring (bicyclic) bond motifs is 1. The maximum absolute atomic E-state index is 14.1. The number of hydrogen-bond donors (Lipinski definition) is 2. The number of nitrogens with two attached hydrogens (primary N) is 1. The number of amides is 3. The summed E-state index contributed by atoms with van der Waals surface area (Å²) in [5.74, 6) is -0.874. The SMILES string of the molecule is CNC(=O)[C@H](Cc1ccccc1)N(C)C(=O)[C@H](Cc1ccc2ccccc2c1)N(C)C(=O)C=CCC(C)(C)N. The molecular weight excluding hydrogens is 488 g/mol. The Morgan fingerprint density at radius 3 is 2.10 bits per heavy atom. The van der Waals surface area contributed by atoms with Crippen LogP contribution >= 0.6 is 0 Å². The molecule has 0 bridgehead atoms. The molecule has 7 heteroatoms. The first kappa shape index (κ1) is 29.6. The van der Waals surface area contributed by atoms with Crippen molar-refractivity contribution in [2.75, 3.05) is 21.1 Å². The highest BCUT2D eigenvalue weighted by atomic mass is 16.2. The average molecular weight is 529 g/mol. The lowest BCUT2D eigenvalue weighted by atomic mass is 9.98. The Bertz CT molecular complexity index is 1310. The van der Waals surface area contributed by atoms with Crippen LogP contribution in [-0.2, 0) is 27.2 Å². The molecule has 39 heavy (non-hydrogen) atoms. The summed E-state index contributed by atoms with van der Waals surface area (Å²) in [5, 5.41) is 4.84. The van der Waals surface area contributed by atoms with Crippen LogP contribution in [0.5, 0.6) is 0 Å². The molecule has 0 aliphatic heterocycles. The van der Waals surface area contributed by atoms with Gasteiger partial charge in [-0.1, -0.05) is 78.9 Å². The van der Waals surface area contributed by atoms with Gasteiger partial charge in [0, 0.05) is 39.5 Å². The molecule has 3 rings (SSSR count). The molecule has 206 valence electrons. The number of nitrogens with zero attached hydrogens (tertiary/aromatic N) is 2. The predicted octanol–water partition coefficient (Wildman–Crippen LogP) is 3.71. The summed E-state index contributed by atoms with van der Waals surface area (Å²) in [7, 11) is 4.82. The molecule has 3 aromatic carbocycles. The standard InChI is InChI=1S/C32H40N4O3/c1-32(2,33)19-11-16-29(37)35(4)28(22-24-17-18-25-14-9-10-15-26(25)20-24)31(39)36(5)27(30(38)34-3)21-23-12-7-6-8-13-23/h6-18,20,27-28H,19,21-22,33H2,1-5H3,(H,34,38)/t27-,28-/m0/s1. The lowest BCUT2D eigenvalue weighted by Gasteiger charge is -2.34. The fraction of sp³-hybridized carbons (Fsp3) is 0.344. The van der Waals surface area contributed by atoms with Crippen molar-refractivity contribution < 1.29 is 14.4 Å². The molecule has 3 amide bonds. The fourth-order valence-corrected chi connectivity index (χ4v) is 4.51. The Balaban J connectivity index is 1.93. The second-order valence-electron chi connectivity index (χ2n) is 10.7. The number of nitrogens with one attached hydrogen (secondary N) is 1. The largest absolute Gasteiger partial charge is 0.357 e. The van der Waals surface area contributed by atoms with E-state index in [-0.39, 0.29) is 17.7 Å². The predicted molar refractivity (Wildman–Crippen MR) is 157 cm³/mol. The van der Waals surface area contributed by atoms with Crippen molar-refractivity contribution in [3.05, 3.63) is 96.1 Å². The molecule has 0 unspecified atom stereocenters. The molecule has 0 aromatic heterocycles. The van der Waals surface area contributed by atoms with Gasteiger partial charge in [0.1, 0.15) is 12.1 Å². The quantitative estimate of drug-likeness (QED) is 0.371. The Morgan fingerprint density at radius 2 is 1.46 bits per heavy atom. The number of hydrogen-bond acceptors (Lipinski definition) is 4. The van der Waals surface area contributed by atoms with Crippen LogP contribution in [0.3, 0.4) is 0 Å². The van der Waals surface area contributed by atoms with Gasteiger partial charge >= 0.3 is 0 Å². The van der Waals surface area contributed by atoms with Crippen LogP contribution < -0.4 is 11.1 Å². The molecule has 3 aromatic rings. The summed E-state index contributed by atoms with van der Waals surface area (Å²) >= 11 is 0. The Kier molecular flexibility index (Phi) is 10.0. The second-order valence-corrected chi connectivity index (χ2v) is 10.7. The Hall–Kier alpha value is -3.97. The first-order chi connectivity index (χ1) is 18.5. The highest BCUT2D eigenvalue weighted by Crippen LogP contribution is 2.20. The van der Waals surface area contributed by atoms with E-state index in [1.54, 1.807) is 27.2 Å². The Labute approximate surface area is 231 Å². The van der Waals surface area contributed by atoms with Crippen LogP contribution in [0.15, 0.2) is 84.9 Å². The van der Waals surface area contributed by atoms with Gasteiger partial charge in [0.2, 0.25) is 17.7 Å². The zero-order chi connectivity index (χ0) is 28.6. The van der Waals surface area contributed by atoms with Crippen molar-refractivity contribution in [3.8, 4) is 0 Å². The zero-order valence-corrected chi connectivity index (χ0v) is 23.6. The van der Waals surface area contributed by atoms with Crippen molar-refractivity contribution >= 4 is 28.5 Å². The third-order valence-electron chi connectivity index (χ3n) is 6.88. The molecular formula is C32H40N4O3. The minimum atomic E-state index is -0.817. The van der Waals surface area contributed by atoms with Gasteiger partial charge in [0.05, 0.1) is 0 Å². The minimum absolute atomic E-state index is 0.266. The zero-order valence-electron chi connectivity index (χ0n) is 23.6. The van der Waals surface area contributed by atoms with Gasteiger partial charge in [-0.2, -0.15) is 0 Å². The van der Waals surface area contributed by atoms with Gasteiger partial charge in [0.15, 0.2) is 0 Å². The van der Waals surface area contributed by atoms with Crippen molar-refractivity contribution in [2.24, 2.45) is 5.73 Å². The van der Waals surface area contributed by atoms with Crippen LogP contribution in [-0.4, -0.2) is 66.3 Å². The van der Waals surface area contributed by atoms with Gasteiger partial charge in [-0.05, 0) is 48.2 Å². The highest BCUT2D eigenvalue weighted by Gasteiger charge is 2.34. The van der Waals surface area contributed by atoms with E-state index in [9.17, 15) is 14.4 Å². The molecule has 0 heterocycles. The van der Waals surface area contributed by atoms with Gasteiger partial charge < -0.3 is 20.9 Å². The van der Waals surface area contributed by atoms with Gasteiger partial charge in [-0.25, -0.2) is 0 Å². The van der Waals surface area contributed by atoms with Crippen LogP contribution in [0.1, 0.15) is 31.4 Å².